The first kappa shape index (κ1) is 13.1. The van der Waals surface area contributed by atoms with E-state index in [1.54, 1.807) is 20.9 Å². The Balaban J connectivity index is 2.92. The molecule has 94 valence electrons. The van der Waals surface area contributed by atoms with E-state index in [2.05, 4.69) is 14.9 Å². The second kappa shape index (κ2) is 5.42. The lowest BCUT2D eigenvalue weighted by atomic mass is 10.5. The molecule has 0 saturated carbocycles. The Labute approximate surface area is 99.7 Å². The Bertz CT molecular complexity index is 385. The van der Waals surface area contributed by atoms with Crippen molar-refractivity contribution < 1.29 is 14.3 Å². The van der Waals surface area contributed by atoms with Crippen molar-refractivity contribution in [1.82, 2.24) is 9.80 Å². The summed E-state index contributed by atoms with van der Waals surface area (Å²) in [5.74, 6) is -0.622. The van der Waals surface area contributed by atoms with Gasteiger partial charge in [0, 0.05) is 12.8 Å². The van der Waals surface area contributed by atoms with Gasteiger partial charge in [-0.3, -0.25) is 4.79 Å². The zero-order valence-electron chi connectivity index (χ0n) is 10.4. The van der Waals surface area contributed by atoms with E-state index in [1.165, 1.54) is 16.9 Å². The minimum Gasteiger partial charge on any atom is -0.463 e. The monoisotopic (exact) mass is 240 g/mol. The topological polar surface area (TPSA) is 74.6 Å². The van der Waals surface area contributed by atoms with E-state index < -0.39 is 5.97 Å². The van der Waals surface area contributed by atoms with Crippen molar-refractivity contribution in [3.8, 4) is 0 Å². The molecule has 1 rings (SSSR count). The third-order valence-corrected chi connectivity index (χ3v) is 2.15. The molecule has 7 heteroatoms. The molecule has 0 aromatic rings. The highest BCUT2D eigenvalue weighted by atomic mass is 16.5. The Morgan fingerprint density at radius 1 is 1.35 bits per heavy atom. The molecule has 7 nitrogen and oxygen atoms in total. The number of carbonyl (C=O) groups excluding carboxylic acids is 2. The van der Waals surface area contributed by atoms with Gasteiger partial charge in [-0.25, -0.2) is 4.79 Å². The molecule has 1 aliphatic rings. The number of rotatable bonds is 1. The quantitative estimate of drug-likeness (QED) is 0.272. The number of hydrogen-bond acceptors (Lipinski definition) is 5. The lowest BCUT2D eigenvalue weighted by Crippen LogP contribution is -2.36. The molecule has 0 radical (unpaired) electrons. The number of methoxy groups -OCH3 is 1. The maximum Gasteiger partial charge on any atom is 0.375 e. The molecule has 0 aromatic heterocycles. The fraction of sp³-hybridized carbons (Fsp3) is 0.600. The average molecular weight is 240 g/mol. The van der Waals surface area contributed by atoms with Crippen LogP contribution in [0.1, 0.15) is 13.8 Å². The summed E-state index contributed by atoms with van der Waals surface area (Å²) >= 11 is 0. The van der Waals surface area contributed by atoms with Gasteiger partial charge in [-0.2, -0.15) is 5.10 Å². The Morgan fingerprint density at radius 2 is 2.00 bits per heavy atom. The number of esters is 1. The molecule has 1 heterocycles. The number of amides is 1. The Hall–Kier alpha value is -1.92. The van der Waals surface area contributed by atoms with Crippen molar-refractivity contribution in [3.05, 3.63) is 0 Å². The number of amidine groups is 1. The Morgan fingerprint density at radius 3 is 2.41 bits per heavy atom. The fourth-order valence-corrected chi connectivity index (χ4v) is 1.28. The van der Waals surface area contributed by atoms with Crippen molar-refractivity contribution in [2.24, 2.45) is 10.2 Å². The van der Waals surface area contributed by atoms with Crippen molar-refractivity contribution in [2.75, 3.05) is 27.4 Å². The average Bonchev–Trinajstić information content (AvgIpc) is 2.58. The van der Waals surface area contributed by atoms with Crippen LogP contribution in [0, 0.1) is 0 Å². The van der Waals surface area contributed by atoms with Gasteiger partial charge in [0.15, 0.2) is 0 Å². The fourth-order valence-electron chi connectivity index (χ4n) is 1.28. The lowest BCUT2D eigenvalue weighted by molar-refractivity contribution is -0.133. The molecular weight excluding hydrogens is 224 g/mol. The van der Waals surface area contributed by atoms with Crippen LogP contribution in [0.2, 0.25) is 0 Å². The van der Waals surface area contributed by atoms with Crippen LogP contribution in [0.3, 0.4) is 0 Å². The second-order valence-corrected chi connectivity index (χ2v) is 3.89. The summed E-state index contributed by atoms with van der Waals surface area (Å²) in [5, 5.41) is 7.64. The van der Waals surface area contributed by atoms with Gasteiger partial charge in [0.2, 0.25) is 11.7 Å². The molecule has 0 atom stereocenters. The number of nitrogens with zero attached hydrogens (tertiary/aromatic N) is 4. The summed E-state index contributed by atoms with van der Waals surface area (Å²) in [6.07, 6.45) is 0. The van der Waals surface area contributed by atoms with Crippen LogP contribution in [-0.2, 0) is 14.3 Å². The minimum absolute atomic E-state index is 0.0476. The predicted octanol–water partition coefficient (Wildman–Crippen LogP) is -0.315. The zero-order valence-corrected chi connectivity index (χ0v) is 10.4. The summed E-state index contributed by atoms with van der Waals surface area (Å²) < 4.78 is 4.62. The van der Waals surface area contributed by atoms with E-state index in [9.17, 15) is 9.59 Å². The van der Waals surface area contributed by atoms with Crippen LogP contribution in [0.4, 0.5) is 0 Å². The minimum atomic E-state index is -0.599. The summed E-state index contributed by atoms with van der Waals surface area (Å²) in [5.41, 5.74) is 0.713. The maximum absolute atomic E-state index is 11.5. The molecule has 1 amide bonds. The summed E-state index contributed by atoms with van der Waals surface area (Å²) in [6, 6.07) is 0. The number of hydrogen-bond donors (Lipinski definition) is 0. The first-order chi connectivity index (χ1) is 7.95. The van der Waals surface area contributed by atoms with Gasteiger partial charge in [-0.1, -0.05) is 0 Å². The molecule has 17 heavy (non-hydrogen) atoms. The van der Waals surface area contributed by atoms with E-state index in [0.717, 1.165) is 0 Å². The van der Waals surface area contributed by atoms with Crippen LogP contribution in [0.15, 0.2) is 10.2 Å². The number of ether oxygens (including phenoxy) is 1. The van der Waals surface area contributed by atoms with E-state index in [0.29, 0.717) is 12.4 Å². The summed E-state index contributed by atoms with van der Waals surface area (Å²) in [4.78, 5) is 25.9. The van der Waals surface area contributed by atoms with Gasteiger partial charge in [-0.05, 0) is 13.8 Å². The van der Waals surface area contributed by atoms with Crippen molar-refractivity contribution in [2.45, 2.75) is 13.8 Å². The highest BCUT2D eigenvalue weighted by molar-refractivity contribution is 6.35. The van der Waals surface area contributed by atoms with Gasteiger partial charge in [0.05, 0.1) is 13.8 Å². The molecular formula is C10H16N4O3. The van der Waals surface area contributed by atoms with Crippen LogP contribution < -0.4 is 0 Å². The summed E-state index contributed by atoms with van der Waals surface area (Å²) in [7, 11) is 2.92. The largest absolute Gasteiger partial charge is 0.463 e. The normalized spacial score (nSPS) is 16.2. The van der Waals surface area contributed by atoms with Gasteiger partial charge >= 0.3 is 5.97 Å². The van der Waals surface area contributed by atoms with Crippen molar-refractivity contribution in [3.63, 3.8) is 0 Å². The lowest BCUT2D eigenvalue weighted by Gasteiger charge is -2.16. The highest BCUT2D eigenvalue weighted by Crippen LogP contribution is 2.06. The van der Waals surface area contributed by atoms with Crippen LogP contribution in [0.5, 0.6) is 0 Å². The van der Waals surface area contributed by atoms with E-state index in [4.69, 9.17) is 0 Å². The molecule has 0 unspecified atom stereocenters. The third kappa shape index (κ3) is 3.27. The van der Waals surface area contributed by atoms with Crippen LogP contribution >= 0.6 is 0 Å². The summed E-state index contributed by atoms with van der Waals surface area (Å²) in [6.45, 7) is 3.95. The molecule has 0 bridgehead atoms. The molecule has 0 spiro atoms. The standard InChI is InChI=1S/C10H16N4O3/c1-7(2)11-12-9(10(16)17-4)14-5-8(15)13(3)6-14/h5-6H2,1-4H3. The van der Waals surface area contributed by atoms with Gasteiger partial charge in [-0.15, -0.1) is 5.10 Å². The first-order valence-corrected chi connectivity index (χ1v) is 5.11. The molecule has 0 N–H and O–H groups in total. The molecule has 0 aliphatic carbocycles. The van der Waals surface area contributed by atoms with Crippen LogP contribution in [-0.4, -0.2) is 60.6 Å². The molecule has 1 aliphatic heterocycles. The van der Waals surface area contributed by atoms with Gasteiger partial charge < -0.3 is 14.5 Å². The molecule has 1 saturated heterocycles. The van der Waals surface area contributed by atoms with E-state index in [-0.39, 0.29) is 18.3 Å². The van der Waals surface area contributed by atoms with Crippen molar-refractivity contribution >= 4 is 23.4 Å². The maximum atomic E-state index is 11.5. The van der Waals surface area contributed by atoms with Gasteiger partial charge in [0.25, 0.3) is 0 Å². The first-order valence-electron chi connectivity index (χ1n) is 5.11. The number of carbonyl (C=O) groups is 2. The van der Waals surface area contributed by atoms with Crippen LogP contribution in [0.25, 0.3) is 0 Å². The third-order valence-electron chi connectivity index (χ3n) is 2.15. The van der Waals surface area contributed by atoms with Gasteiger partial charge in [0.1, 0.15) is 6.54 Å². The highest BCUT2D eigenvalue weighted by Gasteiger charge is 2.31. The van der Waals surface area contributed by atoms with E-state index in [1.807, 2.05) is 0 Å². The predicted molar refractivity (Wildman–Crippen MR) is 62.6 cm³/mol. The second-order valence-electron chi connectivity index (χ2n) is 3.89. The number of likely N-dealkylation sites (N-methyl/N-ethyl adjacent to an activating group) is 1. The SMILES string of the molecule is COC(=O)C(=NN=C(C)C)N1CC(=O)N(C)C1. The Kier molecular flexibility index (Phi) is 4.19. The van der Waals surface area contributed by atoms with E-state index >= 15 is 0 Å². The smallest absolute Gasteiger partial charge is 0.375 e. The molecule has 0 aromatic carbocycles. The van der Waals surface area contributed by atoms with Crippen molar-refractivity contribution in [1.29, 1.82) is 0 Å². The molecule has 1 fully saturated rings. The zero-order chi connectivity index (χ0) is 13.0.